The largest absolute Gasteiger partial charge is 0.481 e. The number of carboxylic acid groups (broad SMARTS) is 1. The minimum atomic E-state index is -0.691. The predicted octanol–water partition coefficient (Wildman–Crippen LogP) is 1.21. The van der Waals surface area contributed by atoms with Gasteiger partial charge in [-0.05, 0) is 31.7 Å². The van der Waals surface area contributed by atoms with Crippen LogP contribution in [0.2, 0.25) is 0 Å². The zero-order chi connectivity index (χ0) is 11.6. The highest BCUT2D eigenvalue weighted by Crippen LogP contribution is 2.31. The number of rotatable bonds is 3. The topological polar surface area (TPSA) is 49.8 Å². The average Bonchev–Trinajstić information content (AvgIpc) is 2.67. The lowest BCUT2D eigenvalue weighted by atomic mass is 9.85. The molecule has 2 saturated heterocycles. The van der Waals surface area contributed by atoms with E-state index >= 15 is 0 Å². The molecule has 0 spiro atoms. The van der Waals surface area contributed by atoms with Crippen LogP contribution in [-0.2, 0) is 9.53 Å². The molecule has 4 nitrogen and oxygen atoms in total. The molecule has 92 valence electrons. The third kappa shape index (κ3) is 2.38. The molecule has 2 rings (SSSR count). The van der Waals surface area contributed by atoms with Crippen LogP contribution in [0.25, 0.3) is 0 Å². The molecule has 2 unspecified atom stereocenters. The van der Waals surface area contributed by atoms with Crippen molar-refractivity contribution >= 4 is 5.97 Å². The van der Waals surface area contributed by atoms with Gasteiger partial charge in [0, 0.05) is 19.7 Å². The smallest absolute Gasteiger partial charge is 0.313 e. The first-order chi connectivity index (χ1) is 7.62. The predicted molar refractivity (Wildman–Crippen MR) is 60.3 cm³/mol. The van der Waals surface area contributed by atoms with Crippen LogP contribution in [0.15, 0.2) is 0 Å². The van der Waals surface area contributed by atoms with Gasteiger partial charge in [-0.15, -0.1) is 0 Å². The summed E-state index contributed by atoms with van der Waals surface area (Å²) in [5, 5.41) is 9.35. The summed E-state index contributed by atoms with van der Waals surface area (Å²) >= 11 is 0. The number of nitrogens with zero attached hydrogens (tertiary/aromatic N) is 1. The minimum Gasteiger partial charge on any atom is -0.481 e. The van der Waals surface area contributed by atoms with E-state index in [0.717, 1.165) is 13.1 Å². The maximum absolute atomic E-state index is 11.4. The van der Waals surface area contributed by atoms with E-state index in [1.165, 1.54) is 12.8 Å². The quantitative estimate of drug-likeness (QED) is 0.787. The molecule has 4 heteroatoms. The van der Waals surface area contributed by atoms with Gasteiger partial charge < -0.3 is 14.7 Å². The van der Waals surface area contributed by atoms with E-state index in [1.54, 1.807) is 0 Å². The Kier molecular flexibility index (Phi) is 3.50. The Hall–Kier alpha value is -0.610. The van der Waals surface area contributed by atoms with E-state index in [2.05, 4.69) is 11.8 Å². The van der Waals surface area contributed by atoms with E-state index in [0.29, 0.717) is 32.1 Å². The Balaban J connectivity index is 1.97. The fraction of sp³-hybridized carbons (Fsp3) is 0.917. The van der Waals surface area contributed by atoms with Crippen LogP contribution in [0.4, 0.5) is 0 Å². The molecule has 0 bridgehead atoms. The van der Waals surface area contributed by atoms with E-state index in [4.69, 9.17) is 4.74 Å². The number of ether oxygens (including phenoxy) is 1. The van der Waals surface area contributed by atoms with Crippen molar-refractivity contribution in [1.82, 2.24) is 4.90 Å². The second-order valence-corrected chi connectivity index (χ2v) is 5.37. The van der Waals surface area contributed by atoms with Crippen LogP contribution >= 0.6 is 0 Å². The van der Waals surface area contributed by atoms with E-state index in [9.17, 15) is 9.90 Å². The molecule has 0 aromatic heterocycles. The van der Waals surface area contributed by atoms with Gasteiger partial charge in [0.1, 0.15) is 5.41 Å². The van der Waals surface area contributed by atoms with Crippen molar-refractivity contribution in [3.05, 3.63) is 0 Å². The van der Waals surface area contributed by atoms with Crippen molar-refractivity contribution in [2.75, 3.05) is 32.8 Å². The molecule has 0 amide bonds. The van der Waals surface area contributed by atoms with Crippen LogP contribution in [0, 0.1) is 11.3 Å². The number of piperidine rings is 1. The number of aliphatic carboxylic acids is 1. The molecule has 0 radical (unpaired) electrons. The zero-order valence-electron chi connectivity index (χ0n) is 9.95. The molecule has 16 heavy (non-hydrogen) atoms. The summed E-state index contributed by atoms with van der Waals surface area (Å²) in [5.41, 5.74) is -0.642. The molecule has 0 saturated carbocycles. The number of carboxylic acids is 1. The van der Waals surface area contributed by atoms with Gasteiger partial charge in [-0.2, -0.15) is 0 Å². The summed E-state index contributed by atoms with van der Waals surface area (Å²) in [6.07, 6.45) is 3.12. The highest BCUT2D eigenvalue weighted by molar-refractivity contribution is 5.75. The Morgan fingerprint density at radius 1 is 1.62 bits per heavy atom. The molecule has 0 aromatic rings. The molecule has 2 aliphatic heterocycles. The van der Waals surface area contributed by atoms with Gasteiger partial charge in [-0.25, -0.2) is 0 Å². The van der Waals surface area contributed by atoms with Crippen molar-refractivity contribution in [2.24, 2.45) is 11.3 Å². The van der Waals surface area contributed by atoms with Gasteiger partial charge in [-0.1, -0.05) is 6.92 Å². The minimum absolute atomic E-state index is 0.382. The second kappa shape index (κ2) is 4.72. The molecular formula is C12H21NO3. The molecule has 2 heterocycles. The van der Waals surface area contributed by atoms with Crippen LogP contribution in [-0.4, -0.2) is 48.8 Å². The third-order valence-corrected chi connectivity index (χ3v) is 3.82. The van der Waals surface area contributed by atoms with Crippen LogP contribution in [0.3, 0.4) is 0 Å². The van der Waals surface area contributed by atoms with Crippen molar-refractivity contribution in [2.45, 2.75) is 26.2 Å². The molecule has 2 fully saturated rings. The van der Waals surface area contributed by atoms with E-state index in [-0.39, 0.29) is 0 Å². The van der Waals surface area contributed by atoms with Crippen molar-refractivity contribution in [3.63, 3.8) is 0 Å². The van der Waals surface area contributed by atoms with E-state index < -0.39 is 11.4 Å². The summed E-state index contributed by atoms with van der Waals surface area (Å²) < 4.78 is 5.28. The lowest BCUT2D eigenvalue weighted by Crippen LogP contribution is -2.46. The molecule has 0 aromatic carbocycles. The summed E-state index contributed by atoms with van der Waals surface area (Å²) in [6.45, 7) is 5.95. The first kappa shape index (κ1) is 11.9. The molecule has 1 N–H and O–H groups in total. The van der Waals surface area contributed by atoms with Gasteiger partial charge in [0.15, 0.2) is 0 Å². The molecule has 0 aliphatic carbocycles. The Morgan fingerprint density at radius 2 is 2.44 bits per heavy atom. The fourth-order valence-corrected chi connectivity index (χ4v) is 2.83. The summed E-state index contributed by atoms with van der Waals surface area (Å²) in [6, 6.07) is 0. The summed E-state index contributed by atoms with van der Waals surface area (Å²) in [5.74, 6) is 0.00476. The number of likely N-dealkylation sites (tertiary alicyclic amines) is 1. The fourth-order valence-electron chi connectivity index (χ4n) is 2.83. The van der Waals surface area contributed by atoms with Crippen molar-refractivity contribution in [3.8, 4) is 0 Å². The van der Waals surface area contributed by atoms with Gasteiger partial charge in [0.05, 0.1) is 6.61 Å². The SMILES string of the molecule is CC1CCCN(CC2(C(=O)O)CCOC2)C1. The van der Waals surface area contributed by atoms with Gasteiger partial charge in [0.25, 0.3) is 0 Å². The van der Waals surface area contributed by atoms with Crippen molar-refractivity contribution in [1.29, 1.82) is 0 Å². The van der Waals surface area contributed by atoms with E-state index in [1.807, 2.05) is 0 Å². The lowest BCUT2D eigenvalue weighted by Gasteiger charge is -2.36. The van der Waals surface area contributed by atoms with Gasteiger partial charge in [0.2, 0.25) is 0 Å². The standard InChI is InChI=1S/C12H21NO3/c1-10-3-2-5-13(7-10)8-12(11(14)15)4-6-16-9-12/h10H,2-9H2,1H3,(H,14,15). The molecular weight excluding hydrogens is 206 g/mol. The Bertz CT molecular complexity index is 261. The number of carbonyl (C=O) groups is 1. The zero-order valence-corrected chi connectivity index (χ0v) is 9.95. The maximum atomic E-state index is 11.4. The average molecular weight is 227 g/mol. The summed E-state index contributed by atoms with van der Waals surface area (Å²) in [7, 11) is 0. The third-order valence-electron chi connectivity index (χ3n) is 3.82. The number of hydrogen-bond donors (Lipinski definition) is 1. The Labute approximate surface area is 96.6 Å². The Morgan fingerprint density at radius 3 is 3.00 bits per heavy atom. The summed E-state index contributed by atoms with van der Waals surface area (Å²) in [4.78, 5) is 13.7. The molecule has 2 aliphatic rings. The second-order valence-electron chi connectivity index (χ2n) is 5.37. The highest BCUT2D eigenvalue weighted by Gasteiger charge is 2.44. The lowest BCUT2D eigenvalue weighted by molar-refractivity contribution is -0.150. The van der Waals surface area contributed by atoms with Gasteiger partial charge >= 0.3 is 5.97 Å². The first-order valence-corrected chi connectivity index (χ1v) is 6.16. The number of hydrogen-bond acceptors (Lipinski definition) is 3. The molecule has 2 atom stereocenters. The van der Waals surface area contributed by atoms with Crippen LogP contribution < -0.4 is 0 Å². The van der Waals surface area contributed by atoms with Crippen molar-refractivity contribution < 1.29 is 14.6 Å². The van der Waals surface area contributed by atoms with Crippen LogP contribution in [0.5, 0.6) is 0 Å². The van der Waals surface area contributed by atoms with Gasteiger partial charge in [-0.3, -0.25) is 4.79 Å². The highest BCUT2D eigenvalue weighted by atomic mass is 16.5. The first-order valence-electron chi connectivity index (χ1n) is 6.16. The maximum Gasteiger partial charge on any atom is 0.313 e. The normalized spacial score (nSPS) is 36.4. The monoisotopic (exact) mass is 227 g/mol. The van der Waals surface area contributed by atoms with Crippen LogP contribution in [0.1, 0.15) is 26.2 Å².